The van der Waals surface area contributed by atoms with Crippen LogP contribution in [0.15, 0.2) is 18.3 Å². The molecule has 5 heteroatoms. The number of pyridine rings is 1. The number of hydrogen-bond acceptors (Lipinski definition) is 4. The summed E-state index contributed by atoms with van der Waals surface area (Å²) in [6.07, 6.45) is 4.20. The van der Waals surface area contributed by atoms with Crippen molar-refractivity contribution >= 4 is 5.97 Å². The standard InChI is InChI=1S/C13H20N2O3/c1-3-4-5-11(13(16)17)15-9-10-6-7-14-12(8-10)18-2/h6-8,11,15H,3-5,9H2,1-2H3,(H,16,17). The number of rotatable bonds is 8. The van der Waals surface area contributed by atoms with Crippen LogP contribution in [-0.2, 0) is 11.3 Å². The molecule has 0 radical (unpaired) electrons. The minimum absolute atomic E-state index is 0.496. The van der Waals surface area contributed by atoms with E-state index < -0.39 is 12.0 Å². The number of carbonyl (C=O) groups is 1. The lowest BCUT2D eigenvalue weighted by atomic mass is 10.1. The number of nitrogens with zero attached hydrogens (tertiary/aromatic N) is 1. The smallest absolute Gasteiger partial charge is 0.320 e. The van der Waals surface area contributed by atoms with Gasteiger partial charge in [0.1, 0.15) is 6.04 Å². The van der Waals surface area contributed by atoms with Gasteiger partial charge in [-0.25, -0.2) is 4.98 Å². The molecule has 0 aromatic carbocycles. The molecule has 5 nitrogen and oxygen atoms in total. The van der Waals surface area contributed by atoms with Crippen LogP contribution in [0, 0.1) is 0 Å². The Labute approximate surface area is 107 Å². The van der Waals surface area contributed by atoms with E-state index in [2.05, 4.69) is 10.3 Å². The molecule has 0 amide bonds. The zero-order chi connectivity index (χ0) is 13.4. The summed E-state index contributed by atoms with van der Waals surface area (Å²) < 4.78 is 5.02. The lowest BCUT2D eigenvalue weighted by Gasteiger charge is -2.14. The van der Waals surface area contributed by atoms with E-state index in [9.17, 15) is 4.79 Å². The highest BCUT2D eigenvalue weighted by Crippen LogP contribution is 2.09. The highest BCUT2D eigenvalue weighted by atomic mass is 16.5. The van der Waals surface area contributed by atoms with Crippen molar-refractivity contribution in [1.82, 2.24) is 10.3 Å². The lowest BCUT2D eigenvalue weighted by molar-refractivity contribution is -0.139. The fourth-order valence-corrected chi connectivity index (χ4v) is 1.63. The molecule has 0 bridgehead atoms. The Morgan fingerprint density at radius 3 is 3.00 bits per heavy atom. The quantitative estimate of drug-likeness (QED) is 0.738. The summed E-state index contributed by atoms with van der Waals surface area (Å²) in [5.74, 6) is -0.265. The summed E-state index contributed by atoms with van der Waals surface area (Å²) in [7, 11) is 1.56. The molecule has 0 aliphatic heterocycles. The first kappa shape index (κ1) is 14.4. The number of nitrogens with one attached hydrogen (secondary N) is 1. The van der Waals surface area contributed by atoms with Crippen molar-refractivity contribution < 1.29 is 14.6 Å². The highest BCUT2D eigenvalue weighted by Gasteiger charge is 2.15. The molecule has 1 aromatic rings. The number of unbranched alkanes of at least 4 members (excludes halogenated alkanes) is 1. The van der Waals surface area contributed by atoms with Gasteiger partial charge in [-0.05, 0) is 18.1 Å². The number of methoxy groups -OCH3 is 1. The zero-order valence-corrected chi connectivity index (χ0v) is 10.8. The summed E-state index contributed by atoms with van der Waals surface area (Å²) >= 11 is 0. The number of carboxylic acids is 1. The molecular weight excluding hydrogens is 232 g/mol. The second kappa shape index (κ2) is 7.66. The van der Waals surface area contributed by atoms with Gasteiger partial charge in [-0.2, -0.15) is 0 Å². The largest absolute Gasteiger partial charge is 0.481 e. The van der Waals surface area contributed by atoms with Gasteiger partial charge in [0.2, 0.25) is 5.88 Å². The van der Waals surface area contributed by atoms with Gasteiger partial charge in [-0.15, -0.1) is 0 Å². The molecule has 1 rings (SSSR count). The van der Waals surface area contributed by atoms with Crippen LogP contribution < -0.4 is 10.1 Å². The Balaban J connectivity index is 2.52. The van der Waals surface area contributed by atoms with E-state index in [1.54, 1.807) is 19.4 Å². The molecule has 0 fully saturated rings. The lowest BCUT2D eigenvalue weighted by Crippen LogP contribution is -2.36. The first-order chi connectivity index (χ1) is 8.67. The minimum Gasteiger partial charge on any atom is -0.481 e. The molecular formula is C13H20N2O3. The summed E-state index contributed by atoms with van der Waals surface area (Å²) in [4.78, 5) is 15.1. The van der Waals surface area contributed by atoms with Crippen molar-refractivity contribution in [1.29, 1.82) is 0 Å². The molecule has 0 spiro atoms. The molecule has 0 aliphatic carbocycles. The molecule has 100 valence electrons. The van der Waals surface area contributed by atoms with E-state index >= 15 is 0 Å². The summed E-state index contributed by atoms with van der Waals surface area (Å²) in [5, 5.41) is 12.1. The first-order valence-corrected chi connectivity index (χ1v) is 6.12. The van der Waals surface area contributed by atoms with E-state index in [0.717, 1.165) is 18.4 Å². The van der Waals surface area contributed by atoms with Gasteiger partial charge in [-0.1, -0.05) is 19.8 Å². The molecule has 0 saturated heterocycles. The van der Waals surface area contributed by atoms with Crippen LogP contribution in [0.4, 0.5) is 0 Å². The maximum Gasteiger partial charge on any atom is 0.320 e. The van der Waals surface area contributed by atoms with Crippen LogP contribution in [0.5, 0.6) is 5.88 Å². The molecule has 1 aromatic heterocycles. The molecule has 0 aliphatic rings. The molecule has 1 unspecified atom stereocenters. The topological polar surface area (TPSA) is 71.5 Å². The number of aliphatic carboxylic acids is 1. The van der Waals surface area contributed by atoms with Gasteiger partial charge < -0.3 is 15.2 Å². The van der Waals surface area contributed by atoms with Crippen LogP contribution in [0.25, 0.3) is 0 Å². The van der Waals surface area contributed by atoms with Crippen molar-refractivity contribution in [3.63, 3.8) is 0 Å². The average molecular weight is 252 g/mol. The molecule has 1 heterocycles. The van der Waals surface area contributed by atoms with E-state index in [1.807, 2.05) is 13.0 Å². The van der Waals surface area contributed by atoms with E-state index in [0.29, 0.717) is 18.8 Å². The predicted octanol–water partition coefficient (Wildman–Crippen LogP) is 1.82. The number of aromatic nitrogens is 1. The van der Waals surface area contributed by atoms with Crippen LogP contribution in [0.1, 0.15) is 31.7 Å². The normalized spacial score (nSPS) is 12.1. The van der Waals surface area contributed by atoms with Gasteiger partial charge in [0.25, 0.3) is 0 Å². The van der Waals surface area contributed by atoms with Crippen LogP contribution in [-0.4, -0.2) is 29.2 Å². The monoisotopic (exact) mass is 252 g/mol. The number of ether oxygens (including phenoxy) is 1. The average Bonchev–Trinajstić information content (AvgIpc) is 2.38. The van der Waals surface area contributed by atoms with Crippen LogP contribution in [0.2, 0.25) is 0 Å². The fourth-order valence-electron chi connectivity index (χ4n) is 1.63. The Morgan fingerprint density at radius 2 is 2.39 bits per heavy atom. The van der Waals surface area contributed by atoms with Crippen molar-refractivity contribution in [2.45, 2.75) is 38.8 Å². The Hall–Kier alpha value is -1.62. The highest BCUT2D eigenvalue weighted by molar-refractivity contribution is 5.73. The number of hydrogen-bond donors (Lipinski definition) is 2. The van der Waals surface area contributed by atoms with Crippen molar-refractivity contribution in [3.8, 4) is 5.88 Å². The second-order valence-electron chi connectivity index (χ2n) is 4.12. The number of carboxylic acid groups (broad SMARTS) is 1. The summed E-state index contributed by atoms with van der Waals surface area (Å²) in [6, 6.07) is 3.14. The third-order valence-electron chi connectivity index (χ3n) is 2.71. The molecule has 18 heavy (non-hydrogen) atoms. The molecule has 2 N–H and O–H groups in total. The molecule has 0 saturated carbocycles. The van der Waals surface area contributed by atoms with Gasteiger partial charge in [-0.3, -0.25) is 4.79 Å². The van der Waals surface area contributed by atoms with Gasteiger partial charge in [0, 0.05) is 18.8 Å². The van der Waals surface area contributed by atoms with Crippen LogP contribution >= 0.6 is 0 Å². The van der Waals surface area contributed by atoms with E-state index in [1.165, 1.54) is 0 Å². The SMILES string of the molecule is CCCCC(NCc1ccnc(OC)c1)C(=O)O. The van der Waals surface area contributed by atoms with Crippen LogP contribution in [0.3, 0.4) is 0 Å². The maximum absolute atomic E-state index is 11.1. The third-order valence-corrected chi connectivity index (χ3v) is 2.71. The van der Waals surface area contributed by atoms with E-state index in [4.69, 9.17) is 9.84 Å². The summed E-state index contributed by atoms with van der Waals surface area (Å²) in [6.45, 7) is 2.55. The van der Waals surface area contributed by atoms with Crippen molar-refractivity contribution in [2.75, 3.05) is 7.11 Å². The minimum atomic E-state index is -0.801. The second-order valence-corrected chi connectivity index (χ2v) is 4.12. The predicted molar refractivity (Wildman–Crippen MR) is 68.6 cm³/mol. The van der Waals surface area contributed by atoms with Gasteiger partial charge in [0.05, 0.1) is 7.11 Å². The fraction of sp³-hybridized carbons (Fsp3) is 0.538. The Bertz CT molecular complexity index is 382. The third kappa shape index (κ3) is 4.71. The maximum atomic E-state index is 11.1. The van der Waals surface area contributed by atoms with Gasteiger partial charge >= 0.3 is 5.97 Å². The summed E-state index contributed by atoms with van der Waals surface area (Å²) in [5.41, 5.74) is 0.963. The zero-order valence-electron chi connectivity index (χ0n) is 10.8. The van der Waals surface area contributed by atoms with Crippen molar-refractivity contribution in [3.05, 3.63) is 23.9 Å². The van der Waals surface area contributed by atoms with Gasteiger partial charge in [0.15, 0.2) is 0 Å². The van der Waals surface area contributed by atoms with E-state index in [-0.39, 0.29) is 0 Å². The van der Waals surface area contributed by atoms with Crippen molar-refractivity contribution in [2.24, 2.45) is 0 Å². The molecule has 1 atom stereocenters. The Kier molecular flexibility index (Phi) is 6.14. The Morgan fingerprint density at radius 1 is 1.61 bits per heavy atom. The first-order valence-electron chi connectivity index (χ1n) is 6.12.